The van der Waals surface area contributed by atoms with Crippen LogP contribution in [0.4, 0.5) is 11.4 Å². The van der Waals surface area contributed by atoms with Gasteiger partial charge in [0, 0.05) is 19.2 Å². The molecule has 0 saturated heterocycles. The lowest BCUT2D eigenvalue weighted by Crippen LogP contribution is -2.39. The molecule has 7 nitrogen and oxygen atoms in total. The molecule has 25 heavy (non-hydrogen) atoms. The fraction of sp³-hybridized carbons (Fsp3) is 0.278. The summed E-state index contributed by atoms with van der Waals surface area (Å²) in [5, 5.41) is 16.8. The molecule has 3 rings (SSSR count). The zero-order valence-electron chi connectivity index (χ0n) is 13.6. The Labute approximate surface area is 145 Å². The molecular weight excluding hydrogens is 322 g/mol. The SMILES string of the molecule is O=C(NCCNc1ccccc1[N+](=O)[O-])[C@H]1COc2ccccc2C1. The van der Waals surface area contributed by atoms with Crippen LogP contribution in [0.15, 0.2) is 48.5 Å². The summed E-state index contributed by atoms with van der Waals surface area (Å²) in [6.07, 6.45) is 0.652. The maximum atomic E-state index is 12.3. The highest BCUT2D eigenvalue weighted by Gasteiger charge is 2.25. The summed E-state index contributed by atoms with van der Waals surface area (Å²) in [7, 11) is 0. The number of rotatable bonds is 6. The third kappa shape index (κ3) is 4.06. The third-order valence-electron chi connectivity index (χ3n) is 4.09. The number of benzene rings is 2. The first-order valence-corrected chi connectivity index (χ1v) is 8.11. The number of nitrogens with zero attached hydrogens (tertiary/aromatic N) is 1. The molecule has 0 unspecified atom stereocenters. The van der Waals surface area contributed by atoms with Crippen LogP contribution in [0.25, 0.3) is 0 Å². The molecule has 1 atom stereocenters. The maximum absolute atomic E-state index is 12.3. The molecule has 0 radical (unpaired) electrons. The summed E-state index contributed by atoms with van der Waals surface area (Å²) in [6, 6.07) is 14.1. The van der Waals surface area contributed by atoms with Crippen LogP contribution >= 0.6 is 0 Å². The van der Waals surface area contributed by atoms with Crippen molar-refractivity contribution in [3.05, 3.63) is 64.2 Å². The average molecular weight is 341 g/mol. The Morgan fingerprint density at radius 2 is 1.92 bits per heavy atom. The number of nitro groups is 1. The van der Waals surface area contributed by atoms with Gasteiger partial charge in [-0.3, -0.25) is 14.9 Å². The number of nitro benzene ring substituents is 1. The van der Waals surface area contributed by atoms with E-state index >= 15 is 0 Å². The van der Waals surface area contributed by atoms with Gasteiger partial charge in [0.1, 0.15) is 18.0 Å². The van der Waals surface area contributed by atoms with Crippen molar-refractivity contribution in [3.8, 4) is 5.75 Å². The summed E-state index contributed by atoms with van der Waals surface area (Å²) < 4.78 is 5.62. The topological polar surface area (TPSA) is 93.5 Å². The number of nitrogens with one attached hydrogen (secondary N) is 2. The molecule has 0 spiro atoms. The van der Waals surface area contributed by atoms with Gasteiger partial charge in [-0.25, -0.2) is 0 Å². The number of amides is 1. The summed E-state index contributed by atoms with van der Waals surface area (Å²) in [6.45, 7) is 1.14. The highest BCUT2D eigenvalue weighted by Crippen LogP contribution is 2.26. The van der Waals surface area contributed by atoms with Crippen molar-refractivity contribution >= 4 is 17.3 Å². The van der Waals surface area contributed by atoms with Gasteiger partial charge in [-0.1, -0.05) is 30.3 Å². The van der Waals surface area contributed by atoms with Gasteiger partial charge in [-0.05, 0) is 24.1 Å². The lowest BCUT2D eigenvalue weighted by molar-refractivity contribution is -0.384. The monoisotopic (exact) mass is 341 g/mol. The predicted molar refractivity (Wildman–Crippen MR) is 93.7 cm³/mol. The van der Waals surface area contributed by atoms with Crippen LogP contribution in [0, 0.1) is 16.0 Å². The van der Waals surface area contributed by atoms with Gasteiger partial charge >= 0.3 is 0 Å². The van der Waals surface area contributed by atoms with Crippen LogP contribution in [0.2, 0.25) is 0 Å². The van der Waals surface area contributed by atoms with Crippen LogP contribution in [-0.4, -0.2) is 30.5 Å². The van der Waals surface area contributed by atoms with Gasteiger partial charge < -0.3 is 15.4 Å². The van der Waals surface area contributed by atoms with E-state index in [9.17, 15) is 14.9 Å². The molecule has 130 valence electrons. The standard InChI is InChI=1S/C18H19N3O4/c22-18(14-11-13-5-1-4-8-17(13)25-12-14)20-10-9-19-15-6-2-3-7-16(15)21(23)24/h1-8,14,19H,9-12H2,(H,20,22)/t14-/m1/s1. The van der Waals surface area contributed by atoms with E-state index in [1.165, 1.54) is 6.07 Å². The number of hydrogen-bond donors (Lipinski definition) is 2. The summed E-state index contributed by atoms with van der Waals surface area (Å²) in [4.78, 5) is 22.8. The Morgan fingerprint density at radius 1 is 1.16 bits per heavy atom. The van der Waals surface area contributed by atoms with Crippen LogP contribution in [0.3, 0.4) is 0 Å². The molecule has 1 amide bonds. The highest BCUT2D eigenvalue weighted by molar-refractivity contribution is 5.79. The summed E-state index contributed by atoms with van der Waals surface area (Å²) in [5.41, 5.74) is 1.50. The van der Waals surface area contributed by atoms with E-state index in [0.717, 1.165) is 11.3 Å². The second-order valence-corrected chi connectivity index (χ2v) is 5.81. The molecule has 0 bridgehead atoms. The molecule has 2 aromatic rings. The van der Waals surface area contributed by atoms with Crippen LogP contribution in [-0.2, 0) is 11.2 Å². The van der Waals surface area contributed by atoms with E-state index in [1.807, 2.05) is 24.3 Å². The Balaban J connectivity index is 1.47. The fourth-order valence-electron chi connectivity index (χ4n) is 2.81. The largest absolute Gasteiger partial charge is 0.492 e. The summed E-state index contributed by atoms with van der Waals surface area (Å²) in [5.74, 6) is 0.546. The smallest absolute Gasteiger partial charge is 0.292 e. The number of carbonyl (C=O) groups excluding carboxylic acids is 1. The third-order valence-corrected chi connectivity index (χ3v) is 4.09. The van der Waals surface area contributed by atoms with Crippen LogP contribution < -0.4 is 15.4 Å². The molecular formula is C18H19N3O4. The van der Waals surface area contributed by atoms with Crippen molar-refractivity contribution in [2.24, 2.45) is 5.92 Å². The van der Waals surface area contributed by atoms with Crippen LogP contribution in [0.5, 0.6) is 5.75 Å². The first-order valence-electron chi connectivity index (χ1n) is 8.11. The maximum Gasteiger partial charge on any atom is 0.292 e. The molecule has 2 aromatic carbocycles. The van der Waals surface area contributed by atoms with Crippen molar-refractivity contribution in [3.63, 3.8) is 0 Å². The molecule has 1 aliphatic heterocycles. The van der Waals surface area contributed by atoms with Crippen molar-refractivity contribution in [2.75, 3.05) is 25.0 Å². The predicted octanol–water partition coefficient (Wildman–Crippen LogP) is 2.37. The van der Waals surface area contributed by atoms with E-state index in [4.69, 9.17) is 4.74 Å². The van der Waals surface area contributed by atoms with E-state index in [1.54, 1.807) is 18.2 Å². The Kier molecular flexibility index (Phi) is 5.13. The van der Waals surface area contributed by atoms with Gasteiger partial charge in [-0.2, -0.15) is 0 Å². The Hall–Kier alpha value is -3.09. The fourth-order valence-corrected chi connectivity index (χ4v) is 2.81. The number of hydrogen-bond acceptors (Lipinski definition) is 5. The number of fused-ring (bicyclic) bond motifs is 1. The van der Waals surface area contributed by atoms with Crippen LogP contribution in [0.1, 0.15) is 5.56 Å². The first kappa shape index (κ1) is 16.8. The Bertz CT molecular complexity index is 778. The van der Waals surface area contributed by atoms with Gasteiger partial charge in [0.25, 0.3) is 5.69 Å². The van der Waals surface area contributed by atoms with Crippen molar-refractivity contribution in [2.45, 2.75) is 6.42 Å². The number of ether oxygens (including phenoxy) is 1. The molecule has 1 aliphatic rings. The number of anilines is 1. The van der Waals surface area contributed by atoms with E-state index < -0.39 is 4.92 Å². The van der Waals surface area contributed by atoms with Gasteiger partial charge in [0.2, 0.25) is 5.91 Å². The van der Waals surface area contributed by atoms with Gasteiger partial charge in [-0.15, -0.1) is 0 Å². The average Bonchev–Trinajstić information content (AvgIpc) is 2.64. The molecule has 0 aromatic heterocycles. The highest BCUT2D eigenvalue weighted by atomic mass is 16.6. The molecule has 0 saturated carbocycles. The molecule has 2 N–H and O–H groups in total. The first-order chi connectivity index (χ1) is 12.1. The zero-order valence-corrected chi connectivity index (χ0v) is 13.6. The quantitative estimate of drug-likeness (QED) is 0.478. The van der Waals surface area contributed by atoms with Crippen molar-refractivity contribution in [1.29, 1.82) is 0 Å². The van der Waals surface area contributed by atoms with Gasteiger partial charge in [0.15, 0.2) is 0 Å². The molecule has 0 fully saturated rings. The minimum Gasteiger partial charge on any atom is -0.492 e. The van der Waals surface area contributed by atoms with Crippen molar-refractivity contribution < 1.29 is 14.5 Å². The second-order valence-electron chi connectivity index (χ2n) is 5.81. The number of carbonyl (C=O) groups is 1. The minimum absolute atomic E-state index is 0.0196. The van der Waals surface area contributed by atoms with E-state index in [-0.39, 0.29) is 17.5 Å². The number of para-hydroxylation sites is 3. The molecule has 0 aliphatic carbocycles. The van der Waals surface area contributed by atoms with Gasteiger partial charge in [0.05, 0.1) is 10.8 Å². The summed E-state index contributed by atoms with van der Waals surface area (Å²) >= 11 is 0. The Morgan fingerprint density at radius 3 is 2.76 bits per heavy atom. The van der Waals surface area contributed by atoms with E-state index in [0.29, 0.717) is 31.8 Å². The normalized spacial score (nSPS) is 15.6. The molecule has 1 heterocycles. The zero-order chi connectivity index (χ0) is 17.6. The van der Waals surface area contributed by atoms with E-state index in [2.05, 4.69) is 10.6 Å². The lowest BCUT2D eigenvalue weighted by atomic mass is 9.96. The second kappa shape index (κ2) is 7.65. The van der Waals surface area contributed by atoms with Crippen molar-refractivity contribution in [1.82, 2.24) is 5.32 Å². The minimum atomic E-state index is -0.433. The lowest BCUT2D eigenvalue weighted by Gasteiger charge is -2.24. The molecule has 7 heteroatoms.